The van der Waals surface area contributed by atoms with Gasteiger partial charge in [-0.15, -0.1) is 0 Å². The van der Waals surface area contributed by atoms with Crippen LogP contribution < -0.4 is 0 Å². The molecule has 0 saturated heterocycles. The topological polar surface area (TPSA) is 73.8 Å². The van der Waals surface area contributed by atoms with E-state index in [9.17, 15) is 10.1 Å². The van der Waals surface area contributed by atoms with Gasteiger partial charge in [0.15, 0.2) is 5.69 Å². The van der Waals surface area contributed by atoms with E-state index in [1.807, 2.05) is 6.92 Å². The highest BCUT2D eigenvalue weighted by Gasteiger charge is 2.54. The number of alkyl halides is 5. The van der Waals surface area contributed by atoms with Crippen molar-refractivity contribution in [2.45, 2.75) is 28.0 Å². The zero-order chi connectivity index (χ0) is 14.1. The summed E-state index contributed by atoms with van der Waals surface area (Å²) in [6.07, 6.45) is 0.622. The first-order valence-corrected chi connectivity index (χ1v) is 6.54. The molecule has 0 N–H and O–H groups in total. The normalized spacial score (nSPS) is 12.8. The summed E-state index contributed by atoms with van der Waals surface area (Å²) in [7, 11) is 0. The molecule has 1 rings (SSSR count). The van der Waals surface area contributed by atoms with Crippen LogP contribution in [0.3, 0.4) is 0 Å². The fraction of sp³-hybridized carbons (Fsp3) is 0.714. The number of nitro groups is 1. The van der Waals surface area contributed by atoms with Gasteiger partial charge in [0, 0.05) is 6.54 Å². The largest absolute Gasteiger partial charge is 0.417 e. The number of hydrogen-bond acceptors (Lipinski definition) is 4. The van der Waals surface area contributed by atoms with Gasteiger partial charge in [-0.25, -0.2) is 4.68 Å². The van der Waals surface area contributed by atoms with Crippen molar-refractivity contribution in [3.05, 3.63) is 15.8 Å². The van der Waals surface area contributed by atoms with Crippen molar-refractivity contribution in [3.8, 4) is 0 Å². The monoisotopic (exact) mass is 354 g/mol. The molecule has 0 spiro atoms. The second-order valence-corrected chi connectivity index (χ2v) is 6.92. The maximum absolute atomic E-state index is 10.9. The molecule has 0 amide bonds. The summed E-state index contributed by atoms with van der Waals surface area (Å²) in [5, 5.41) is 17.8. The number of hydrogen-bond donors (Lipinski definition) is 0. The van der Waals surface area contributed by atoms with Crippen molar-refractivity contribution in [1.29, 1.82) is 0 Å². The van der Waals surface area contributed by atoms with Gasteiger partial charge in [0.2, 0.25) is 8.13 Å². The summed E-state index contributed by atoms with van der Waals surface area (Å²) in [6.45, 7) is 2.13. The molecule has 0 aromatic carbocycles. The Morgan fingerprint density at radius 1 is 1.33 bits per heavy atom. The third-order valence-corrected chi connectivity index (χ3v) is 4.33. The molecule has 0 radical (unpaired) electrons. The Kier molecular flexibility index (Phi) is 4.94. The number of halogens is 5. The molecule has 0 aliphatic heterocycles. The van der Waals surface area contributed by atoms with E-state index in [-0.39, 0.29) is 5.69 Å². The third-order valence-electron chi connectivity index (χ3n) is 1.98. The summed E-state index contributed by atoms with van der Waals surface area (Å²) < 4.78 is -3.16. The van der Waals surface area contributed by atoms with Crippen LogP contribution in [0, 0.1) is 10.1 Å². The third kappa shape index (κ3) is 2.93. The summed E-state index contributed by atoms with van der Waals surface area (Å²) >= 11 is 28.8. The minimum absolute atomic E-state index is 0.252. The Labute approximate surface area is 127 Å². The number of aryl methyl sites for hydroxylation is 1. The second kappa shape index (κ2) is 5.54. The predicted octanol–water partition coefficient (Wildman–Crippen LogP) is 3.60. The van der Waals surface area contributed by atoms with Gasteiger partial charge < -0.3 is 10.1 Å². The van der Waals surface area contributed by atoms with Crippen LogP contribution in [0.5, 0.6) is 0 Å². The van der Waals surface area contributed by atoms with Crippen LogP contribution in [-0.4, -0.2) is 23.7 Å². The minimum Gasteiger partial charge on any atom is -0.358 e. The van der Waals surface area contributed by atoms with Crippen LogP contribution in [0.15, 0.2) is 0 Å². The first-order valence-electron chi connectivity index (χ1n) is 4.65. The van der Waals surface area contributed by atoms with Gasteiger partial charge in [-0.05, 0) is 11.3 Å². The maximum Gasteiger partial charge on any atom is 0.417 e. The highest BCUT2D eigenvalue weighted by Crippen LogP contribution is 2.54. The van der Waals surface area contributed by atoms with Crippen LogP contribution in [0.2, 0.25) is 0 Å². The molecule has 1 aromatic heterocycles. The molecular formula is C7H7Cl5N4O2. The molecule has 1 heterocycles. The van der Waals surface area contributed by atoms with E-state index in [0.717, 1.165) is 4.68 Å². The van der Waals surface area contributed by atoms with Crippen molar-refractivity contribution in [2.24, 2.45) is 0 Å². The first-order chi connectivity index (χ1) is 8.13. The SMILES string of the molecule is CCCn1nnc([N+](=O)[O-])c1C(Cl)(Cl)C(Cl)(Cl)Cl. The molecule has 102 valence electrons. The predicted molar refractivity (Wildman–Crippen MR) is 70.6 cm³/mol. The molecule has 6 nitrogen and oxygen atoms in total. The average Bonchev–Trinajstić information content (AvgIpc) is 2.60. The lowest BCUT2D eigenvalue weighted by Gasteiger charge is -2.26. The van der Waals surface area contributed by atoms with E-state index in [0.29, 0.717) is 13.0 Å². The molecule has 0 unspecified atom stereocenters. The lowest BCUT2D eigenvalue weighted by Crippen LogP contribution is -2.32. The number of aromatic nitrogens is 3. The van der Waals surface area contributed by atoms with E-state index in [1.54, 1.807) is 0 Å². The summed E-state index contributed by atoms with van der Waals surface area (Å²) in [5.41, 5.74) is -0.252. The maximum atomic E-state index is 10.9. The van der Waals surface area contributed by atoms with Crippen molar-refractivity contribution in [3.63, 3.8) is 0 Å². The van der Waals surface area contributed by atoms with Crippen LogP contribution in [0.25, 0.3) is 0 Å². The molecule has 0 atom stereocenters. The van der Waals surface area contributed by atoms with Gasteiger partial charge >= 0.3 is 5.82 Å². The summed E-state index contributed by atoms with van der Waals surface area (Å²) in [6, 6.07) is 0. The van der Waals surface area contributed by atoms with Crippen LogP contribution in [0.1, 0.15) is 19.0 Å². The van der Waals surface area contributed by atoms with Crippen molar-refractivity contribution >= 4 is 63.8 Å². The van der Waals surface area contributed by atoms with Gasteiger partial charge in [-0.2, -0.15) is 0 Å². The Bertz CT molecular complexity index is 455. The van der Waals surface area contributed by atoms with E-state index in [4.69, 9.17) is 58.0 Å². The molecular weight excluding hydrogens is 349 g/mol. The second-order valence-electron chi connectivity index (χ2n) is 3.31. The molecule has 0 fully saturated rings. The van der Waals surface area contributed by atoms with Gasteiger partial charge in [0.1, 0.15) is 5.10 Å². The Hall–Kier alpha value is -0.01000. The Morgan fingerprint density at radius 2 is 1.89 bits per heavy atom. The highest BCUT2D eigenvalue weighted by atomic mass is 35.6. The molecule has 18 heavy (non-hydrogen) atoms. The van der Waals surface area contributed by atoms with Gasteiger partial charge in [-0.3, -0.25) is 0 Å². The zero-order valence-corrected chi connectivity index (χ0v) is 12.7. The van der Waals surface area contributed by atoms with Gasteiger partial charge in [0.05, 0.1) is 5.21 Å². The van der Waals surface area contributed by atoms with Crippen LogP contribution >= 0.6 is 58.0 Å². The van der Waals surface area contributed by atoms with E-state index in [1.165, 1.54) is 0 Å². The first kappa shape index (κ1) is 16.0. The smallest absolute Gasteiger partial charge is 0.358 e. The Balaban J connectivity index is 3.44. The highest BCUT2D eigenvalue weighted by molar-refractivity contribution is 6.75. The lowest BCUT2D eigenvalue weighted by molar-refractivity contribution is -0.390. The van der Waals surface area contributed by atoms with Crippen LogP contribution in [0.4, 0.5) is 5.82 Å². The van der Waals surface area contributed by atoms with Crippen molar-refractivity contribution in [1.82, 2.24) is 15.0 Å². The van der Waals surface area contributed by atoms with Crippen molar-refractivity contribution < 1.29 is 4.92 Å². The van der Waals surface area contributed by atoms with Crippen LogP contribution in [-0.2, 0) is 10.9 Å². The van der Waals surface area contributed by atoms with Gasteiger partial charge in [-0.1, -0.05) is 64.9 Å². The van der Waals surface area contributed by atoms with Crippen molar-refractivity contribution in [2.75, 3.05) is 0 Å². The molecule has 0 aliphatic rings. The summed E-state index contributed by atoms with van der Waals surface area (Å²) in [5.74, 6) is -0.639. The van der Waals surface area contributed by atoms with E-state index < -0.39 is 18.9 Å². The standard InChI is InChI=1S/C7H7Cl5N4O2/c1-2-3-15-4(5(13-14-15)16(17)18)6(8,9)7(10,11)12/h2-3H2,1H3. The lowest BCUT2D eigenvalue weighted by atomic mass is 10.3. The quantitative estimate of drug-likeness (QED) is 0.469. The molecule has 11 heteroatoms. The Morgan fingerprint density at radius 3 is 2.28 bits per heavy atom. The minimum atomic E-state index is -2.17. The molecule has 0 aliphatic carbocycles. The number of rotatable bonds is 4. The molecule has 0 bridgehead atoms. The fourth-order valence-electron chi connectivity index (χ4n) is 1.23. The number of nitrogens with zero attached hydrogens (tertiary/aromatic N) is 4. The van der Waals surface area contributed by atoms with E-state index in [2.05, 4.69) is 10.3 Å². The average molecular weight is 356 g/mol. The molecule has 1 aromatic rings. The summed E-state index contributed by atoms with van der Waals surface area (Å²) in [4.78, 5) is 10.1. The van der Waals surface area contributed by atoms with E-state index >= 15 is 0 Å². The zero-order valence-electron chi connectivity index (χ0n) is 8.91. The molecule has 0 saturated carbocycles. The fourth-order valence-corrected chi connectivity index (χ4v) is 1.86. The van der Waals surface area contributed by atoms with Gasteiger partial charge in [0.25, 0.3) is 0 Å².